The predicted molar refractivity (Wildman–Crippen MR) is 130 cm³/mol. The molecule has 0 spiro atoms. The van der Waals surface area contributed by atoms with Crippen molar-refractivity contribution in [3.05, 3.63) is 23.8 Å². The van der Waals surface area contributed by atoms with E-state index in [2.05, 4.69) is 10.2 Å². The summed E-state index contributed by atoms with van der Waals surface area (Å²) < 4.78 is 27.5. The zero-order chi connectivity index (χ0) is 23.8. The third-order valence-corrected chi connectivity index (χ3v) is 8.63. The summed E-state index contributed by atoms with van der Waals surface area (Å²) in [6.07, 6.45) is 6.73. The second-order valence-electron chi connectivity index (χ2n) is 8.76. The Morgan fingerprint density at radius 1 is 0.939 bits per heavy atom. The van der Waals surface area contributed by atoms with Gasteiger partial charge < -0.3 is 15.1 Å². The van der Waals surface area contributed by atoms with Crippen molar-refractivity contribution in [3.8, 4) is 0 Å². The number of nitrogens with zero attached hydrogens (tertiary/aromatic N) is 3. The Labute approximate surface area is 198 Å². The van der Waals surface area contributed by atoms with Gasteiger partial charge in [-0.1, -0.05) is 26.7 Å². The summed E-state index contributed by atoms with van der Waals surface area (Å²) in [5.41, 5.74) is 1.11. The molecule has 3 rings (SSSR count). The van der Waals surface area contributed by atoms with Gasteiger partial charge in [-0.05, 0) is 43.9 Å². The van der Waals surface area contributed by atoms with Gasteiger partial charge in [0.25, 0.3) is 5.91 Å². The minimum atomic E-state index is -3.68. The quantitative estimate of drug-likeness (QED) is 0.589. The number of benzene rings is 1. The highest BCUT2D eigenvalue weighted by atomic mass is 32.2. The van der Waals surface area contributed by atoms with Crippen molar-refractivity contribution in [2.75, 3.05) is 50.7 Å². The van der Waals surface area contributed by atoms with Crippen LogP contribution in [0.3, 0.4) is 0 Å². The van der Waals surface area contributed by atoms with Crippen molar-refractivity contribution >= 4 is 27.5 Å². The van der Waals surface area contributed by atoms with Gasteiger partial charge in [0, 0.05) is 57.9 Å². The Bertz CT molecular complexity index is 916. The molecule has 0 radical (unpaired) electrons. The molecule has 0 unspecified atom stereocenters. The minimum Gasteiger partial charge on any atom is -0.371 e. The summed E-state index contributed by atoms with van der Waals surface area (Å²) >= 11 is 0. The standard InChI is InChI=1S/C24H38N4O4S/c1-3-28(4-2)33(31,32)20-11-12-22(26-15-9-10-16-26)21(19-20)24(30)25-14-13-23(29)27-17-7-5-6-8-18-27/h11-12,19H,3-10,13-18H2,1-2H3,(H,25,30). The number of hydrogen-bond acceptors (Lipinski definition) is 5. The maximum atomic E-state index is 13.2. The molecule has 0 aromatic heterocycles. The van der Waals surface area contributed by atoms with Crippen LogP contribution in [0.15, 0.2) is 23.1 Å². The lowest BCUT2D eigenvalue weighted by Gasteiger charge is -2.24. The van der Waals surface area contributed by atoms with Crippen molar-refractivity contribution < 1.29 is 18.0 Å². The molecule has 1 aromatic carbocycles. The van der Waals surface area contributed by atoms with Gasteiger partial charge in [0.05, 0.1) is 10.5 Å². The van der Waals surface area contributed by atoms with Crippen molar-refractivity contribution in [2.45, 2.75) is 63.7 Å². The van der Waals surface area contributed by atoms with Crippen LogP contribution in [-0.4, -0.2) is 75.3 Å². The second kappa shape index (κ2) is 11.8. The van der Waals surface area contributed by atoms with E-state index in [1.54, 1.807) is 26.0 Å². The van der Waals surface area contributed by atoms with Gasteiger partial charge in [-0.2, -0.15) is 4.31 Å². The normalized spacial score (nSPS) is 17.3. The predicted octanol–water partition coefficient (Wildman–Crippen LogP) is 2.84. The summed E-state index contributed by atoms with van der Waals surface area (Å²) in [6.45, 7) is 7.84. The monoisotopic (exact) mass is 478 g/mol. The van der Waals surface area contributed by atoms with Crippen LogP contribution in [0.25, 0.3) is 0 Å². The number of carbonyl (C=O) groups is 2. The summed E-state index contributed by atoms with van der Waals surface area (Å²) in [4.78, 5) is 29.9. The molecule has 0 aliphatic carbocycles. The molecule has 184 valence electrons. The lowest BCUT2D eigenvalue weighted by Crippen LogP contribution is -2.35. The number of nitrogens with one attached hydrogen (secondary N) is 1. The molecule has 2 fully saturated rings. The molecule has 0 atom stereocenters. The van der Waals surface area contributed by atoms with Gasteiger partial charge in [-0.15, -0.1) is 0 Å². The lowest BCUT2D eigenvalue weighted by molar-refractivity contribution is -0.131. The Morgan fingerprint density at radius 2 is 1.55 bits per heavy atom. The van der Waals surface area contributed by atoms with Crippen molar-refractivity contribution in [2.24, 2.45) is 0 Å². The van der Waals surface area contributed by atoms with Gasteiger partial charge in [0.2, 0.25) is 15.9 Å². The molecule has 0 saturated carbocycles. The van der Waals surface area contributed by atoms with Crippen LogP contribution < -0.4 is 10.2 Å². The van der Waals surface area contributed by atoms with E-state index in [-0.39, 0.29) is 29.7 Å². The van der Waals surface area contributed by atoms with Crippen LogP contribution in [0.2, 0.25) is 0 Å². The van der Waals surface area contributed by atoms with Crippen LogP contribution in [-0.2, 0) is 14.8 Å². The maximum Gasteiger partial charge on any atom is 0.253 e. The highest BCUT2D eigenvalue weighted by Gasteiger charge is 2.26. The fraction of sp³-hybridized carbons (Fsp3) is 0.667. The molecule has 2 saturated heterocycles. The van der Waals surface area contributed by atoms with Gasteiger partial charge in [0.15, 0.2) is 0 Å². The zero-order valence-electron chi connectivity index (χ0n) is 20.0. The SMILES string of the molecule is CCN(CC)S(=O)(=O)c1ccc(N2CCCC2)c(C(=O)NCCC(=O)N2CCCCCC2)c1. The van der Waals surface area contributed by atoms with Gasteiger partial charge >= 0.3 is 0 Å². The lowest BCUT2D eigenvalue weighted by atomic mass is 10.1. The molecular formula is C24H38N4O4S. The van der Waals surface area contributed by atoms with Crippen LogP contribution in [0.5, 0.6) is 0 Å². The van der Waals surface area contributed by atoms with E-state index in [4.69, 9.17) is 0 Å². The maximum absolute atomic E-state index is 13.2. The number of carbonyl (C=O) groups excluding carboxylic acids is 2. The van der Waals surface area contributed by atoms with Crippen LogP contribution in [0, 0.1) is 0 Å². The number of hydrogen-bond donors (Lipinski definition) is 1. The largest absolute Gasteiger partial charge is 0.371 e. The first-order valence-electron chi connectivity index (χ1n) is 12.3. The Morgan fingerprint density at radius 3 is 2.15 bits per heavy atom. The molecule has 8 nitrogen and oxygen atoms in total. The Hall–Kier alpha value is -2.13. The smallest absolute Gasteiger partial charge is 0.253 e. The number of likely N-dealkylation sites (tertiary alicyclic amines) is 1. The topological polar surface area (TPSA) is 90.0 Å². The van der Waals surface area contributed by atoms with Gasteiger partial charge in [-0.25, -0.2) is 8.42 Å². The molecule has 2 amide bonds. The van der Waals surface area contributed by atoms with E-state index in [1.807, 2.05) is 4.90 Å². The number of sulfonamides is 1. The fourth-order valence-electron chi connectivity index (χ4n) is 4.66. The van der Waals surface area contributed by atoms with E-state index < -0.39 is 10.0 Å². The first kappa shape index (κ1) is 25.5. The summed E-state index contributed by atoms with van der Waals surface area (Å²) in [5.74, 6) is -0.271. The van der Waals surface area contributed by atoms with Gasteiger partial charge in [0.1, 0.15) is 0 Å². The molecule has 33 heavy (non-hydrogen) atoms. The van der Waals surface area contributed by atoms with Gasteiger partial charge in [-0.3, -0.25) is 9.59 Å². The molecule has 1 aromatic rings. The van der Waals surface area contributed by atoms with E-state index in [0.717, 1.165) is 70.4 Å². The van der Waals surface area contributed by atoms with E-state index in [1.165, 1.54) is 10.4 Å². The minimum absolute atomic E-state index is 0.0647. The number of rotatable bonds is 9. The van der Waals surface area contributed by atoms with E-state index in [9.17, 15) is 18.0 Å². The molecule has 2 heterocycles. The second-order valence-corrected chi connectivity index (χ2v) is 10.7. The number of anilines is 1. The summed E-state index contributed by atoms with van der Waals surface area (Å²) in [7, 11) is -3.68. The van der Waals surface area contributed by atoms with Crippen molar-refractivity contribution in [1.82, 2.24) is 14.5 Å². The summed E-state index contributed by atoms with van der Waals surface area (Å²) in [6, 6.07) is 4.84. The third kappa shape index (κ3) is 6.26. The average molecular weight is 479 g/mol. The molecule has 2 aliphatic heterocycles. The first-order valence-corrected chi connectivity index (χ1v) is 13.8. The van der Waals surface area contributed by atoms with Crippen LogP contribution >= 0.6 is 0 Å². The highest BCUT2D eigenvalue weighted by molar-refractivity contribution is 7.89. The molecule has 0 bridgehead atoms. The molecule has 9 heteroatoms. The Kier molecular flexibility index (Phi) is 9.14. The highest BCUT2D eigenvalue weighted by Crippen LogP contribution is 2.28. The van der Waals surface area contributed by atoms with Crippen LogP contribution in [0.4, 0.5) is 5.69 Å². The van der Waals surface area contributed by atoms with Crippen LogP contribution in [0.1, 0.15) is 69.2 Å². The zero-order valence-corrected chi connectivity index (χ0v) is 20.8. The molecule has 1 N–H and O–H groups in total. The van der Waals surface area contributed by atoms with Crippen molar-refractivity contribution in [3.63, 3.8) is 0 Å². The average Bonchev–Trinajstić information content (AvgIpc) is 3.21. The third-order valence-electron chi connectivity index (χ3n) is 6.59. The van der Waals surface area contributed by atoms with E-state index in [0.29, 0.717) is 18.7 Å². The van der Waals surface area contributed by atoms with E-state index >= 15 is 0 Å². The first-order chi connectivity index (χ1) is 15.9. The summed E-state index contributed by atoms with van der Waals surface area (Å²) in [5, 5.41) is 2.86. The fourth-order valence-corrected chi connectivity index (χ4v) is 6.15. The molecule has 2 aliphatic rings. The van der Waals surface area contributed by atoms with Crippen molar-refractivity contribution in [1.29, 1.82) is 0 Å². The molecular weight excluding hydrogens is 440 g/mol. The Balaban J connectivity index is 1.75. The number of amides is 2.